The maximum atomic E-state index is 11.5. The molecule has 1 aliphatic heterocycles. The Morgan fingerprint density at radius 3 is 2.93 bits per heavy atom. The highest BCUT2D eigenvalue weighted by atomic mass is 32.2. The average molecular weight is 236 g/mol. The van der Waals surface area contributed by atoms with E-state index in [0.29, 0.717) is 26.2 Å². The van der Waals surface area contributed by atoms with Gasteiger partial charge in [0.2, 0.25) is 10.0 Å². The van der Waals surface area contributed by atoms with Crippen LogP contribution in [-0.2, 0) is 14.8 Å². The maximum Gasteiger partial charge on any atom is 0.211 e. The van der Waals surface area contributed by atoms with Crippen LogP contribution in [0.4, 0.5) is 0 Å². The van der Waals surface area contributed by atoms with Gasteiger partial charge in [-0.05, 0) is 6.42 Å². The summed E-state index contributed by atoms with van der Waals surface area (Å²) in [6.45, 7) is 4.48. The lowest BCUT2D eigenvalue weighted by atomic mass is 10.3. The molecule has 15 heavy (non-hydrogen) atoms. The Labute approximate surface area is 91.6 Å². The third-order valence-corrected chi connectivity index (χ3v) is 3.75. The third-order valence-electron chi connectivity index (χ3n) is 2.31. The second-order valence-electron chi connectivity index (χ2n) is 3.75. The van der Waals surface area contributed by atoms with E-state index in [4.69, 9.17) is 4.74 Å². The smallest absolute Gasteiger partial charge is 0.211 e. The Morgan fingerprint density at radius 2 is 2.33 bits per heavy atom. The van der Waals surface area contributed by atoms with Crippen molar-refractivity contribution in [2.75, 3.05) is 32.1 Å². The Balaban J connectivity index is 2.22. The molecule has 0 aromatic rings. The highest BCUT2D eigenvalue weighted by molar-refractivity contribution is 7.89. The van der Waals surface area contributed by atoms with E-state index in [1.165, 1.54) is 0 Å². The summed E-state index contributed by atoms with van der Waals surface area (Å²) in [6, 6.07) is 0.107. The molecule has 0 aliphatic carbocycles. The van der Waals surface area contributed by atoms with E-state index >= 15 is 0 Å². The van der Waals surface area contributed by atoms with Crippen LogP contribution in [0, 0.1) is 0 Å². The monoisotopic (exact) mass is 236 g/mol. The van der Waals surface area contributed by atoms with E-state index in [2.05, 4.69) is 10.0 Å². The third kappa shape index (κ3) is 5.46. The Kier molecular flexibility index (Phi) is 5.52. The van der Waals surface area contributed by atoms with Crippen LogP contribution in [-0.4, -0.2) is 46.5 Å². The topological polar surface area (TPSA) is 67.4 Å². The fourth-order valence-electron chi connectivity index (χ4n) is 1.38. The van der Waals surface area contributed by atoms with Crippen molar-refractivity contribution in [1.82, 2.24) is 10.0 Å². The number of unbranched alkanes of at least 4 members (excludes halogenated alkanes) is 1. The van der Waals surface area contributed by atoms with Gasteiger partial charge in [0.25, 0.3) is 0 Å². The fraction of sp³-hybridized carbons (Fsp3) is 1.00. The molecule has 1 heterocycles. The van der Waals surface area contributed by atoms with E-state index in [9.17, 15) is 8.42 Å². The molecule has 1 atom stereocenters. The van der Waals surface area contributed by atoms with Gasteiger partial charge in [0.05, 0.1) is 19.0 Å². The van der Waals surface area contributed by atoms with Gasteiger partial charge in [0, 0.05) is 19.1 Å². The van der Waals surface area contributed by atoms with Gasteiger partial charge in [-0.2, -0.15) is 0 Å². The van der Waals surface area contributed by atoms with Crippen molar-refractivity contribution in [3.05, 3.63) is 0 Å². The first kappa shape index (κ1) is 12.9. The number of ether oxygens (including phenoxy) is 1. The number of morpholine rings is 1. The predicted octanol–water partition coefficient (Wildman–Crippen LogP) is -0.306. The van der Waals surface area contributed by atoms with Gasteiger partial charge >= 0.3 is 0 Å². The SMILES string of the molecule is CCCCS(=O)(=O)NCC1COCCN1. The summed E-state index contributed by atoms with van der Waals surface area (Å²) in [6.07, 6.45) is 1.61. The molecule has 5 nitrogen and oxygen atoms in total. The van der Waals surface area contributed by atoms with Crippen molar-refractivity contribution in [1.29, 1.82) is 0 Å². The van der Waals surface area contributed by atoms with E-state index < -0.39 is 10.0 Å². The summed E-state index contributed by atoms with van der Waals surface area (Å²) in [5.74, 6) is 0.219. The van der Waals surface area contributed by atoms with Crippen molar-refractivity contribution in [3.63, 3.8) is 0 Å². The lowest BCUT2D eigenvalue weighted by Crippen LogP contribution is -2.48. The zero-order valence-electron chi connectivity index (χ0n) is 9.16. The largest absolute Gasteiger partial charge is 0.378 e. The molecule has 1 fully saturated rings. The predicted molar refractivity (Wildman–Crippen MR) is 59.3 cm³/mol. The zero-order chi connectivity index (χ0) is 11.1. The minimum Gasteiger partial charge on any atom is -0.378 e. The van der Waals surface area contributed by atoms with E-state index in [1.54, 1.807) is 0 Å². The molecule has 2 N–H and O–H groups in total. The molecule has 1 saturated heterocycles. The van der Waals surface area contributed by atoms with Crippen LogP contribution in [0.1, 0.15) is 19.8 Å². The summed E-state index contributed by atoms with van der Waals surface area (Å²) in [5.41, 5.74) is 0. The van der Waals surface area contributed by atoms with Crippen molar-refractivity contribution < 1.29 is 13.2 Å². The van der Waals surface area contributed by atoms with Gasteiger partial charge in [-0.3, -0.25) is 0 Å². The Morgan fingerprint density at radius 1 is 1.53 bits per heavy atom. The molecule has 0 aromatic heterocycles. The molecule has 0 saturated carbocycles. The second kappa shape index (κ2) is 6.42. The molecule has 1 aliphatic rings. The molecule has 1 unspecified atom stereocenters. The standard InChI is InChI=1S/C9H20N2O3S/c1-2-3-6-15(12,13)11-7-9-8-14-5-4-10-9/h9-11H,2-8H2,1H3. The summed E-state index contributed by atoms with van der Waals surface area (Å²) in [4.78, 5) is 0. The quantitative estimate of drug-likeness (QED) is 0.664. The van der Waals surface area contributed by atoms with Gasteiger partial charge in [-0.15, -0.1) is 0 Å². The molecule has 6 heteroatoms. The molecule has 0 bridgehead atoms. The van der Waals surface area contributed by atoms with Crippen molar-refractivity contribution in [3.8, 4) is 0 Å². The Hall–Kier alpha value is -0.170. The van der Waals surface area contributed by atoms with Crippen molar-refractivity contribution in [2.24, 2.45) is 0 Å². The first-order valence-electron chi connectivity index (χ1n) is 5.42. The van der Waals surface area contributed by atoms with E-state index in [0.717, 1.165) is 13.0 Å². The van der Waals surface area contributed by atoms with E-state index in [1.807, 2.05) is 6.92 Å². The van der Waals surface area contributed by atoms with Crippen LogP contribution >= 0.6 is 0 Å². The van der Waals surface area contributed by atoms with Crippen LogP contribution in [0.2, 0.25) is 0 Å². The fourth-order valence-corrected chi connectivity index (χ4v) is 2.65. The van der Waals surface area contributed by atoms with Gasteiger partial charge in [0.15, 0.2) is 0 Å². The normalized spacial score (nSPS) is 22.9. The highest BCUT2D eigenvalue weighted by Crippen LogP contribution is 1.96. The Bertz CT molecular complexity index is 261. The number of hydrogen-bond acceptors (Lipinski definition) is 4. The van der Waals surface area contributed by atoms with E-state index in [-0.39, 0.29) is 11.8 Å². The summed E-state index contributed by atoms with van der Waals surface area (Å²) >= 11 is 0. The number of nitrogens with one attached hydrogen (secondary N) is 2. The number of hydrogen-bond donors (Lipinski definition) is 2. The van der Waals surface area contributed by atoms with Crippen LogP contribution in [0.3, 0.4) is 0 Å². The van der Waals surface area contributed by atoms with Crippen LogP contribution in [0.25, 0.3) is 0 Å². The van der Waals surface area contributed by atoms with Crippen molar-refractivity contribution in [2.45, 2.75) is 25.8 Å². The molecule has 0 aromatic carbocycles. The van der Waals surface area contributed by atoms with Gasteiger partial charge < -0.3 is 10.1 Å². The average Bonchev–Trinajstić information content (AvgIpc) is 2.25. The van der Waals surface area contributed by atoms with Gasteiger partial charge in [-0.25, -0.2) is 13.1 Å². The molecule has 0 amide bonds. The molecule has 0 spiro atoms. The second-order valence-corrected chi connectivity index (χ2v) is 5.67. The summed E-state index contributed by atoms with van der Waals surface area (Å²) in [5, 5.41) is 3.20. The number of sulfonamides is 1. The summed E-state index contributed by atoms with van der Waals surface area (Å²) < 4.78 is 30.7. The lowest BCUT2D eigenvalue weighted by molar-refractivity contribution is 0.0784. The zero-order valence-corrected chi connectivity index (χ0v) is 9.98. The minimum atomic E-state index is -3.09. The van der Waals surface area contributed by atoms with Crippen LogP contribution in [0.15, 0.2) is 0 Å². The highest BCUT2D eigenvalue weighted by Gasteiger charge is 2.16. The number of rotatable bonds is 6. The minimum absolute atomic E-state index is 0.107. The molecule has 90 valence electrons. The first-order valence-corrected chi connectivity index (χ1v) is 7.08. The maximum absolute atomic E-state index is 11.5. The van der Waals surface area contributed by atoms with Crippen LogP contribution in [0.5, 0.6) is 0 Å². The summed E-state index contributed by atoms with van der Waals surface area (Å²) in [7, 11) is -3.09. The first-order chi connectivity index (χ1) is 7.14. The molecule has 1 rings (SSSR count). The van der Waals surface area contributed by atoms with Crippen LogP contribution < -0.4 is 10.0 Å². The molecule has 0 radical (unpaired) electrons. The molecular weight excluding hydrogens is 216 g/mol. The van der Waals surface area contributed by atoms with Crippen molar-refractivity contribution >= 4 is 10.0 Å². The lowest BCUT2D eigenvalue weighted by Gasteiger charge is -2.23. The van der Waals surface area contributed by atoms with Gasteiger partial charge in [0.1, 0.15) is 0 Å². The molecular formula is C9H20N2O3S. The van der Waals surface area contributed by atoms with Gasteiger partial charge in [-0.1, -0.05) is 13.3 Å².